The molecule has 0 aliphatic carbocycles. The van der Waals surface area contributed by atoms with E-state index < -0.39 is 23.8 Å². The van der Waals surface area contributed by atoms with Crippen molar-refractivity contribution in [1.82, 2.24) is 4.90 Å². The van der Waals surface area contributed by atoms with Gasteiger partial charge in [0.05, 0.1) is 18.9 Å². The number of rotatable bonds is 5. The number of anilines is 1. The fraction of sp³-hybridized carbons (Fsp3) is 0.500. The van der Waals surface area contributed by atoms with Gasteiger partial charge < -0.3 is 20.1 Å². The smallest absolute Gasteiger partial charge is 0.322 e. The molecule has 2 amide bonds. The Morgan fingerprint density at radius 1 is 1.33 bits per heavy atom. The minimum absolute atomic E-state index is 0.0871. The van der Waals surface area contributed by atoms with Crippen LogP contribution in [0.1, 0.15) is 20.8 Å². The molecule has 0 aromatic heterocycles. The van der Waals surface area contributed by atoms with Crippen LogP contribution in [0.3, 0.4) is 0 Å². The molecule has 0 bridgehead atoms. The third-order valence-electron chi connectivity index (χ3n) is 2.83. The molecule has 0 heterocycles. The normalized spacial score (nSPS) is 12.2. The van der Waals surface area contributed by atoms with Crippen LogP contribution in [-0.2, 0) is 0 Å². The number of halogens is 2. The van der Waals surface area contributed by atoms with Crippen LogP contribution in [0, 0.1) is 11.6 Å². The predicted octanol–water partition coefficient (Wildman–Crippen LogP) is 2.60. The average molecular weight is 302 g/mol. The van der Waals surface area contributed by atoms with Gasteiger partial charge in [0.2, 0.25) is 0 Å². The molecule has 0 aliphatic rings. The van der Waals surface area contributed by atoms with Gasteiger partial charge in [0, 0.05) is 24.7 Å². The first-order valence-electron chi connectivity index (χ1n) is 6.55. The lowest BCUT2D eigenvalue weighted by Gasteiger charge is -2.28. The lowest BCUT2D eigenvalue weighted by Crippen LogP contribution is -2.43. The van der Waals surface area contributed by atoms with Crippen molar-refractivity contribution in [3.05, 3.63) is 23.8 Å². The summed E-state index contributed by atoms with van der Waals surface area (Å²) in [6.45, 7) is 5.14. The molecule has 1 unspecified atom stereocenters. The van der Waals surface area contributed by atoms with Crippen LogP contribution in [0.25, 0.3) is 0 Å². The van der Waals surface area contributed by atoms with Crippen LogP contribution in [0.2, 0.25) is 0 Å². The number of amides is 2. The van der Waals surface area contributed by atoms with Crippen molar-refractivity contribution < 1.29 is 23.4 Å². The van der Waals surface area contributed by atoms with Gasteiger partial charge in [-0.25, -0.2) is 13.6 Å². The Balaban J connectivity index is 2.93. The molecule has 21 heavy (non-hydrogen) atoms. The van der Waals surface area contributed by atoms with E-state index in [0.717, 1.165) is 12.1 Å². The number of ether oxygens (including phenoxy) is 1. The molecule has 0 spiro atoms. The molecule has 118 valence electrons. The van der Waals surface area contributed by atoms with E-state index in [1.54, 1.807) is 13.8 Å². The van der Waals surface area contributed by atoms with E-state index in [9.17, 15) is 18.7 Å². The molecule has 0 saturated heterocycles. The van der Waals surface area contributed by atoms with Gasteiger partial charge in [0.25, 0.3) is 0 Å². The second kappa shape index (κ2) is 7.21. The standard InChI is InChI=1S/C14H20F2N2O3/c1-8(2)18(7-9(3)19)14(20)17-12-5-11(16)13(21-4)6-10(12)15/h5-6,8-9,19H,7H2,1-4H3,(H,17,20). The van der Waals surface area contributed by atoms with E-state index in [-0.39, 0.29) is 24.0 Å². The first-order chi connectivity index (χ1) is 9.76. The fourth-order valence-electron chi connectivity index (χ4n) is 1.78. The lowest BCUT2D eigenvalue weighted by atomic mass is 10.2. The zero-order valence-electron chi connectivity index (χ0n) is 12.5. The Bertz CT molecular complexity index is 507. The third kappa shape index (κ3) is 4.56. The highest BCUT2D eigenvalue weighted by atomic mass is 19.1. The Morgan fingerprint density at radius 2 is 1.95 bits per heavy atom. The number of aliphatic hydroxyl groups excluding tert-OH is 1. The maximum Gasteiger partial charge on any atom is 0.322 e. The molecular weight excluding hydrogens is 282 g/mol. The van der Waals surface area contributed by atoms with E-state index in [2.05, 4.69) is 10.1 Å². The summed E-state index contributed by atoms with van der Waals surface area (Å²) in [5.74, 6) is -1.82. The molecule has 1 aromatic rings. The Kier molecular flexibility index (Phi) is 5.90. The van der Waals surface area contributed by atoms with Crippen molar-refractivity contribution in [1.29, 1.82) is 0 Å². The zero-order valence-corrected chi connectivity index (χ0v) is 12.5. The van der Waals surface area contributed by atoms with Crippen molar-refractivity contribution in [2.24, 2.45) is 0 Å². The minimum atomic E-state index is -0.803. The van der Waals surface area contributed by atoms with E-state index >= 15 is 0 Å². The molecule has 5 nitrogen and oxygen atoms in total. The molecule has 7 heteroatoms. The Labute approximate surface area is 122 Å². The van der Waals surface area contributed by atoms with Gasteiger partial charge >= 0.3 is 6.03 Å². The van der Waals surface area contributed by atoms with E-state index in [4.69, 9.17) is 0 Å². The van der Waals surface area contributed by atoms with Gasteiger partial charge in [0.15, 0.2) is 17.4 Å². The summed E-state index contributed by atoms with van der Waals surface area (Å²) in [6, 6.07) is 0.895. The summed E-state index contributed by atoms with van der Waals surface area (Å²) in [7, 11) is 1.22. The molecule has 1 atom stereocenters. The first-order valence-corrected chi connectivity index (χ1v) is 6.55. The molecule has 0 radical (unpaired) electrons. The molecular formula is C14H20F2N2O3. The predicted molar refractivity (Wildman–Crippen MR) is 75.5 cm³/mol. The quantitative estimate of drug-likeness (QED) is 0.879. The molecule has 1 aromatic carbocycles. The van der Waals surface area contributed by atoms with Gasteiger partial charge in [-0.15, -0.1) is 0 Å². The van der Waals surface area contributed by atoms with E-state index in [0.29, 0.717) is 0 Å². The monoisotopic (exact) mass is 302 g/mol. The lowest BCUT2D eigenvalue weighted by molar-refractivity contribution is 0.125. The largest absolute Gasteiger partial charge is 0.494 e. The van der Waals surface area contributed by atoms with Crippen LogP contribution in [0.15, 0.2) is 12.1 Å². The van der Waals surface area contributed by atoms with Gasteiger partial charge in [0.1, 0.15) is 0 Å². The molecule has 0 aliphatic heterocycles. The van der Waals surface area contributed by atoms with Crippen LogP contribution < -0.4 is 10.1 Å². The summed E-state index contributed by atoms with van der Waals surface area (Å²) in [4.78, 5) is 13.4. The number of nitrogens with one attached hydrogen (secondary N) is 1. The van der Waals surface area contributed by atoms with Gasteiger partial charge in [-0.3, -0.25) is 0 Å². The van der Waals surface area contributed by atoms with Crippen molar-refractivity contribution in [3.8, 4) is 5.75 Å². The summed E-state index contributed by atoms with van der Waals surface area (Å²) in [5, 5.41) is 11.7. The maximum absolute atomic E-state index is 13.8. The number of urea groups is 1. The molecule has 0 fully saturated rings. The minimum Gasteiger partial charge on any atom is -0.494 e. The first kappa shape index (κ1) is 17.2. The molecule has 1 rings (SSSR count). The van der Waals surface area contributed by atoms with Crippen LogP contribution in [-0.4, -0.2) is 41.8 Å². The highest BCUT2D eigenvalue weighted by molar-refractivity contribution is 5.89. The van der Waals surface area contributed by atoms with Gasteiger partial charge in [-0.2, -0.15) is 0 Å². The number of carbonyl (C=O) groups excluding carboxylic acids is 1. The van der Waals surface area contributed by atoms with Crippen LogP contribution >= 0.6 is 0 Å². The van der Waals surface area contributed by atoms with Crippen molar-refractivity contribution in [2.45, 2.75) is 32.9 Å². The van der Waals surface area contributed by atoms with Crippen molar-refractivity contribution in [3.63, 3.8) is 0 Å². The Hall–Kier alpha value is -1.89. The second-order valence-electron chi connectivity index (χ2n) is 4.99. The zero-order chi connectivity index (χ0) is 16.2. The fourth-order valence-corrected chi connectivity index (χ4v) is 1.78. The summed E-state index contributed by atoms with van der Waals surface area (Å²) < 4.78 is 32.0. The van der Waals surface area contributed by atoms with Crippen LogP contribution in [0.5, 0.6) is 5.75 Å². The average Bonchev–Trinajstić information content (AvgIpc) is 2.39. The van der Waals surface area contributed by atoms with E-state index in [1.165, 1.54) is 18.9 Å². The summed E-state index contributed by atoms with van der Waals surface area (Å²) in [6.07, 6.45) is -0.726. The number of hydrogen-bond donors (Lipinski definition) is 2. The second-order valence-corrected chi connectivity index (χ2v) is 4.99. The van der Waals surface area contributed by atoms with Crippen LogP contribution in [0.4, 0.5) is 19.3 Å². The molecule has 0 saturated carbocycles. The Morgan fingerprint density at radius 3 is 2.43 bits per heavy atom. The topological polar surface area (TPSA) is 61.8 Å². The van der Waals surface area contributed by atoms with Gasteiger partial charge in [-0.05, 0) is 20.8 Å². The highest BCUT2D eigenvalue weighted by Crippen LogP contribution is 2.25. The van der Waals surface area contributed by atoms with Gasteiger partial charge in [-0.1, -0.05) is 0 Å². The number of carbonyl (C=O) groups is 1. The molecule has 2 N–H and O–H groups in total. The summed E-state index contributed by atoms with van der Waals surface area (Å²) in [5.41, 5.74) is -0.283. The number of nitrogens with zero attached hydrogens (tertiary/aromatic N) is 1. The summed E-state index contributed by atoms with van der Waals surface area (Å²) >= 11 is 0. The van der Waals surface area contributed by atoms with E-state index in [1.807, 2.05) is 0 Å². The van der Waals surface area contributed by atoms with Crippen molar-refractivity contribution in [2.75, 3.05) is 19.0 Å². The highest BCUT2D eigenvalue weighted by Gasteiger charge is 2.20. The number of benzene rings is 1. The number of methoxy groups -OCH3 is 1. The third-order valence-corrected chi connectivity index (χ3v) is 2.83. The number of aliphatic hydroxyl groups is 1. The number of hydrogen-bond acceptors (Lipinski definition) is 3. The van der Waals surface area contributed by atoms with Crippen molar-refractivity contribution >= 4 is 11.7 Å². The SMILES string of the molecule is COc1cc(F)c(NC(=O)N(CC(C)O)C(C)C)cc1F. The maximum atomic E-state index is 13.8.